The van der Waals surface area contributed by atoms with Crippen LogP contribution in [0.1, 0.15) is 37.0 Å². The average molecular weight is 261 g/mol. The van der Waals surface area contributed by atoms with Crippen LogP contribution in [0.25, 0.3) is 0 Å². The van der Waals surface area contributed by atoms with Crippen molar-refractivity contribution < 1.29 is 19.5 Å². The van der Waals surface area contributed by atoms with Gasteiger partial charge < -0.3 is 5.11 Å². The van der Waals surface area contributed by atoms with Gasteiger partial charge in [0.1, 0.15) is 0 Å². The third-order valence-electron chi connectivity index (χ3n) is 3.66. The van der Waals surface area contributed by atoms with Gasteiger partial charge in [-0.3, -0.25) is 14.5 Å². The van der Waals surface area contributed by atoms with E-state index in [0.717, 1.165) is 4.90 Å². The monoisotopic (exact) mass is 261 g/mol. The van der Waals surface area contributed by atoms with Crippen LogP contribution in [0.2, 0.25) is 0 Å². The molecular formula is C14H15NO4. The van der Waals surface area contributed by atoms with Gasteiger partial charge in [-0.1, -0.05) is 13.8 Å². The minimum atomic E-state index is -1.04. The van der Waals surface area contributed by atoms with Gasteiger partial charge in [-0.05, 0) is 30.7 Å². The standard InChI is InChI=1S/C14H15NO4/c1-3-14(2)8-11(16)15(13(14)19)10-6-4-9(5-7-10)12(17)18/h4-7H,3,8H2,1-2H3,(H,17,18)/t14-/m0/s1. The minimum absolute atomic E-state index is 0.126. The zero-order chi connectivity index (χ0) is 14.2. The van der Waals surface area contributed by atoms with Gasteiger partial charge >= 0.3 is 5.97 Å². The van der Waals surface area contributed by atoms with Gasteiger partial charge in [-0.2, -0.15) is 0 Å². The Morgan fingerprint density at radius 3 is 2.32 bits per heavy atom. The number of imide groups is 1. The molecule has 1 fully saturated rings. The molecule has 1 aromatic carbocycles. The molecule has 0 spiro atoms. The first-order valence-corrected chi connectivity index (χ1v) is 6.10. The average Bonchev–Trinajstić information content (AvgIpc) is 2.61. The van der Waals surface area contributed by atoms with E-state index in [0.29, 0.717) is 12.1 Å². The van der Waals surface area contributed by atoms with Crippen LogP contribution in [0.3, 0.4) is 0 Å². The quantitative estimate of drug-likeness (QED) is 0.845. The highest BCUT2D eigenvalue weighted by molar-refractivity contribution is 6.22. The molecule has 5 nitrogen and oxygen atoms in total. The summed E-state index contributed by atoms with van der Waals surface area (Å²) in [4.78, 5) is 36.2. The van der Waals surface area contributed by atoms with Gasteiger partial charge in [-0.25, -0.2) is 4.79 Å². The van der Waals surface area contributed by atoms with Crippen molar-refractivity contribution in [1.29, 1.82) is 0 Å². The van der Waals surface area contributed by atoms with Gasteiger partial charge in [0.05, 0.1) is 16.7 Å². The van der Waals surface area contributed by atoms with Crippen molar-refractivity contribution in [3.63, 3.8) is 0 Å². The minimum Gasteiger partial charge on any atom is -0.478 e. The maximum absolute atomic E-state index is 12.3. The molecule has 0 bridgehead atoms. The Morgan fingerprint density at radius 1 is 1.32 bits per heavy atom. The number of hydrogen-bond donors (Lipinski definition) is 1. The summed E-state index contributed by atoms with van der Waals surface area (Å²) in [7, 11) is 0. The van der Waals surface area contributed by atoms with E-state index in [1.165, 1.54) is 24.3 Å². The Labute approximate surface area is 110 Å². The zero-order valence-electron chi connectivity index (χ0n) is 10.8. The van der Waals surface area contributed by atoms with Crippen molar-refractivity contribution in [2.75, 3.05) is 4.90 Å². The number of carbonyl (C=O) groups excluding carboxylic acids is 2. The Kier molecular flexibility index (Phi) is 3.14. The summed E-state index contributed by atoms with van der Waals surface area (Å²) in [5.41, 5.74) is -0.0963. The van der Waals surface area contributed by atoms with E-state index in [9.17, 15) is 14.4 Å². The second-order valence-electron chi connectivity index (χ2n) is 4.98. The van der Waals surface area contributed by atoms with Crippen molar-refractivity contribution in [3.8, 4) is 0 Å². The fraction of sp³-hybridized carbons (Fsp3) is 0.357. The normalized spacial score (nSPS) is 22.9. The summed E-state index contributed by atoms with van der Waals surface area (Å²) < 4.78 is 0. The first kappa shape index (κ1) is 13.3. The molecule has 1 heterocycles. The molecule has 19 heavy (non-hydrogen) atoms. The summed E-state index contributed by atoms with van der Waals surface area (Å²) in [6, 6.07) is 5.75. The maximum Gasteiger partial charge on any atom is 0.335 e. The molecule has 0 saturated carbocycles. The SMILES string of the molecule is CC[C@@]1(C)CC(=O)N(c2ccc(C(=O)O)cc2)C1=O. The number of carbonyl (C=O) groups is 3. The molecular weight excluding hydrogens is 246 g/mol. The van der Waals surface area contributed by atoms with Crippen molar-refractivity contribution in [3.05, 3.63) is 29.8 Å². The lowest BCUT2D eigenvalue weighted by Gasteiger charge is -2.20. The second-order valence-corrected chi connectivity index (χ2v) is 4.98. The lowest BCUT2D eigenvalue weighted by Crippen LogP contribution is -2.33. The number of carboxylic acid groups (broad SMARTS) is 1. The number of carboxylic acids is 1. The van der Waals surface area contributed by atoms with Crippen LogP contribution in [0.15, 0.2) is 24.3 Å². The molecule has 0 unspecified atom stereocenters. The molecule has 1 N–H and O–H groups in total. The molecule has 0 radical (unpaired) electrons. The second kappa shape index (κ2) is 4.50. The maximum atomic E-state index is 12.3. The Morgan fingerprint density at radius 2 is 1.89 bits per heavy atom. The molecule has 1 atom stereocenters. The number of hydrogen-bond acceptors (Lipinski definition) is 3. The molecule has 1 saturated heterocycles. The van der Waals surface area contributed by atoms with E-state index in [-0.39, 0.29) is 23.8 Å². The molecule has 100 valence electrons. The van der Waals surface area contributed by atoms with Gasteiger partial charge in [0.15, 0.2) is 0 Å². The van der Waals surface area contributed by atoms with E-state index in [4.69, 9.17) is 5.11 Å². The number of anilines is 1. The summed E-state index contributed by atoms with van der Waals surface area (Å²) in [5, 5.41) is 8.82. The Bertz CT molecular complexity index is 549. The lowest BCUT2D eigenvalue weighted by atomic mass is 9.86. The van der Waals surface area contributed by atoms with E-state index in [1.54, 1.807) is 6.92 Å². The molecule has 1 aromatic rings. The third-order valence-corrected chi connectivity index (χ3v) is 3.66. The highest BCUT2D eigenvalue weighted by Crippen LogP contribution is 2.38. The summed E-state index contributed by atoms with van der Waals surface area (Å²) >= 11 is 0. The first-order chi connectivity index (χ1) is 8.89. The summed E-state index contributed by atoms with van der Waals surface area (Å²) in [6.45, 7) is 3.65. The van der Waals surface area contributed by atoms with Gasteiger partial charge in [0.25, 0.3) is 0 Å². The van der Waals surface area contributed by atoms with Crippen molar-refractivity contribution in [2.45, 2.75) is 26.7 Å². The number of nitrogens with zero attached hydrogens (tertiary/aromatic N) is 1. The van der Waals surface area contributed by atoms with Gasteiger partial charge in [0, 0.05) is 6.42 Å². The van der Waals surface area contributed by atoms with Gasteiger partial charge in [0.2, 0.25) is 11.8 Å². The van der Waals surface area contributed by atoms with E-state index < -0.39 is 11.4 Å². The van der Waals surface area contributed by atoms with Crippen molar-refractivity contribution >= 4 is 23.5 Å². The van der Waals surface area contributed by atoms with Crippen LogP contribution in [0.5, 0.6) is 0 Å². The zero-order valence-corrected chi connectivity index (χ0v) is 10.8. The first-order valence-electron chi connectivity index (χ1n) is 6.10. The number of amides is 2. The molecule has 5 heteroatoms. The Hall–Kier alpha value is -2.17. The summed E-state index contributed by atoms with van der Waals surface area (Å²) in [6.07, 6.45) is 0.796. The highest BCUT2D eigenvalue weighted by atomic mass is 16.4. The fourth-order valence-corrected chi connectivity index (χ4v) is 2.16. The molecule has 1 aliphatic heterocycles. The van der Waals surface area contributed by atoms with Crippen molar-refractivity contribution in [1.82, 2.24) is 0 Å². The Balaban J connectivity index is 2.34. The van der Waals surface area contributed by atoms with E-state index >= 15 is 0 Å². The van der Waals surface area contributed by atoms with Crippen LogP contribution < -0.4 is 4.90 Å². The van der Waals surface area contributed by atoms with E-state index in [2.05, 4.69) is 0 Å². The third kappa shape index (κ3) is 2.12. The largest absolute Gasteiger partial charge is 0.478 e. The van der Waals surface area contributed by atoms with Crippen LogP contribution in [-0.4, -0.2) is 22.9 Å². The molecule has 2 rings (SSSR count). The smallest absolute Gasteiger partial charge is 0.335 e. The topological polar surface area (TPSA) is 74.7 Å². The molecule has 0 aromatic heterocycles. The van der Waals surface area contributed by atoms with E-state index in [1.807, 2.05) is 6.92 Å². The molecule has 1 aliphatic rings. The van der Waals surface area contributed by atoms with Crippen molar-refractivity contribution in [2.24, 2.45) is 5.41 Å². The summed E-state index contributed by atoms with van der Waals surface area (Å²) in [5.74, 6) is -1.50. The van der Waals surface area contributed by atoms with Gasteiger partial charge in [-0.15, -0.1) is 0 Å². The number of benzene rings is 1. The lowest BCUT2D eigenvalue weighted by molar-refractivity contribution is -0.125. The van der Waals surface area contributed by atoms with Crippen LogP contribution in [0.4, 0.5) is 5.69 Å². The highest BCUT2D eigenvalue weighted by Gasteiger charge is 2.47. The van der Waals surface area contributed by atoms with Crippen LogP contribution in [0, 0.1) is 5.41 Å². The number of aromatic carboxylic acids is 1. The number of rotatable bonds is 3. The predicted octanol–water partition coefficient (Wildman–Crippen LogP) is 2.06. The predicted molar refractivity (Wildman–Crippen MR) is 68.9 cm³/mol. The fourth-order valence-electron chi connectivity index (χ4n) is 2.16. The van der Waals surface area contributed by atoms with Crippen LogP contribution >= 0.6 is 0 Å². The van der Waals surface area contributed by atoms with Crippen LogP contribution in [-0.2, 0) is 9.59 Å². The molecule has 0 aliphatic carbocycles. The molecule has 2 amide bonds.